The Kier molecular flexibility index (Phi) is 4.21. The fourth-order valence-corrected chi connectivity index (χ4v) is 2.80. The van der Waals surface area contributed by atoms with Crippen LogP contribution in [0.15, 0.2) is 18.4 Å². The van der Waals surface area contributed by atoms with Crippen molar-refractivity contribution in [1.82, 2.24) is 0 Å². The number of hydrogen-bond acceptors (Lipinski definition) is 1. The first-order valence-corrected chi connectivity index (χ1v) is 9.47. The van der Waals surface area contributed by atoms with Gasteiger partial charge >= 0.3 is 0 Å². The molecular weight excluding hydrogens is 212 g/mol. The molecule has 0 amide bonds. The van der Waals surface area contributed by atoms with Crippen molar-refractivity contribution in [1.29, 1.82) is 0 Å². The maximum atomic E-state index is 10.4. The molecule has 1 aliphatic carbocycles. The molecule has 2 heteroatoms. The Bertz CT molecular complexity index is 349. The van der Waals surface area contributed by atoms with E-state index in [1.807, 2.05) is 0 Å². The van der Waals surface area contributed by atoms with Crippen LogP contribution in [-0.4, -0.2) is 18.8 Å². The number of rotatable bonds is 2. The van der Waals surface area contributed by atoms with Crippen LogP contribution in [0.25, 0.3) is 0 Å². The molecule has 1 nitrogen and oxygen atoms in total. The molecule has 0 unspecified atom stereocenters. The summed E-state index contributed by atoms with van der Waals surface area (Å²) in [7, 11) is -1.27. The van der Waals surface area contributed by atoms with Crippen LogP contribution in [0.4, 0.5) is 0 Å². The first-order chi connectivity index (χ1) is 7.37. The molecule has 1 fully saturated rings. The Labute approximate surface area is 100 Å². The summed E-state index contributed by atoms with van der Waals surface area (Å²) < 4.78 is 0. The van der Waals surface area contributed by atoms with Crippen molar-refractivity contribution in [2.75, 3.05) is 0 Å². The highest BCUT2D eigenvalue weighted by Gasteiger charge is 2.38. The standard InChI is InChI=1S/C14H22OSi/c1-5-10-14(15)11-6-8-13(14)9-7-12-16(2,3)4/h10,13,15H,1,6,8-9,11H2,2-4H3/t13-,14-/m1/s1. The van der Waals surface area contributed by atoms with Gasteiger partial charge in [-0.15, -0.1) is 17.2 Å². The number of aliphatic hydroxyl groups is 1. The molecule has 0 heterocycles. The highest BCUT2D eigenvalue weighted by atomic mass is 28.3. The van der Waals surface area contributed by atoms with Crippen molar-refractivity contribution < 1.29 is 5.11 Å². The third-order valence-corrected chi connectivity index (χ3v) is 3.93. The third kappa shape index (κ3) is 3.68. The zero-order valence-corrected chi connectivity index (χ0v) is 11.6. The van der Waals surface area contributed by atoms with Gasteiger partial charge in [0, 0.05) is 12.3 Å². The maximum absolute atomic E-state index is 10.4. The molecule has 0 aromatic rings. The lowest BCUT2D eigenvalue weighted by molar-refractivity contribution is 0.0532. The summed E-state index contributed by atoms with van der Waals surface area (Å²) in [6.07, 6.45) is 5.50. The van der Waals surface area contributed by atoms with Gasteiger partial charge in [0.05, 0.1) is 5.60 Å². The maximum Gasteiger partial charge on any atom is 0.129 e. The van der Waals surface area contributed by atoms with E-state index >= 15 is 0 Å². The Morgan fingerprint density at radius 2 is 2.19 bits per heavy atom. The van der Waals surface area contributed by atoms with Crippen molar-refractivity contribution in [2.45, 2.75) is 50.9 Å². The largest absolute Gasteiger partial charge is 0.385 e. The molecule has 0 spiro atoms. The molecule has 0 aromatic heterocycles. The minimum Gasteiger partial charge on any atom is -0.385 e. The van der Waals surface area contributed by atoms with E-state index in [9.17, 15) is 5.11 Å². The summed E-state index contributed by atoms with van der Waals surface area (Å²) in [6.45, 7) is 10.3. The molecule has 16 heavy (non-hydrogen) atoms. The Balaban J connectivity index is 2.66. The van der Waals surface area contributed by atoms with E-state index in [2.05, 4.69) is 43.4 Å². The van der Waals surface area contributed by atoms with E-state index in [4.69, 9.17) is 0 Å². The Morgan fingerprint density at radius 3 is 2.75 bits per heavy atom. The molecule has 0 bridgehead atoms. The second kappa shape index (κ2) is 5.06. The second-order valence-corrected chi connectivity index (χ2v) is 10.4. The van der Waals surface area contributed by atoms with Gasteiger partial charge in [-0.25, -0.2) is 0 Å². The predicted octanol–water partition coefficient (Wildman–Crippen LogP) is 3.13. The molecule has 1 saturated carbocycles. The van der Waals surface area contributed by atoms with Crippen molar-refractivity contribution in [2.24, 2.45) is 5.92 Å². The zero-order valence-electron chi connectivity index (χ0n) is 10.6. The summed E-state index contributed by atoms with van der Waals surface area (Å²) in [5, 5.41) is 10.4. The highest BCUT2D eigenvalue weighted by molar-refractivity contribution is 6.83. The number of hydrogen-bond donors (Lipinski definition) is 1. The third-order valence-electron chi connectivity index (χ3n) is 3.00. The molecule has 0 radical (unpaired) electrons. The predicted molar refractivity (Wildman–Crippen MR) is 71.7 cm³/mol. The average Bonchev–Trinajstić information content (AvgIpc) is 2.46. The first-order valence-electron chi connectivity index (χ1n) is 5.97. The summed E-state index contributed by atoms with van der Waals surface area (Å²) in [5.74, 6) is 3.53. The van der Waals surface area contributed by atoms with Crippen LogP contribution in [0, 0.1) is 17.4 Å². The van der Waals surface area contributed by atoms with Gasteiger partial charge in [0.25, 0.3) is 0 Å². The van der Waals surface area contributed by atoms with E-state index in [1.165, 1.54) is 0 Å². The minimum atomic E-state index is -1.27. The van der Waals surface area contributed by atoms with Gasteiger partial charge in [-0.1, -0.05) is 26.2 Å². The molecule has 88 valence electrons. The molecule has 2 atom stereocenters. The Hall–Kier alpha value is -0.743. The smallest absolute Gasteiger partial charge is 0.129 e. The monoisotopic (exact) mass is 234 g/mol. The van der Waals surface area contributed by atoms with E-state index in [0.29, 0.717) is 0 Å². The Morgan fingerprint density at radius 1 is 1.50 bits per heavy atom. The molecule has 0 aliphatic heterocycles. The summed E-state index contributed by atoms with van der Waals surface area (Å²) in [5.41, 5.74) is 5.38. The van der Waals surface area contributed by atoms with Gasteiger partial charge in [0.2, 0.25) is 0 Å². The molecule has 1 rings (SSSR count). The van der Waals surface area contributed by atoms with Crippen molar-refractivity contribution in [3.05, 3.63) is 18.4 Å². The summed E-state index contributed by atoms with van der Waals surface area (Å²) >= 11 is 0. The normalized spacial score (nSPS) is 29.1. The molecule has 0 saturated heterocycles. The fourth-order valence-electron chi connectivity index (χ4n) is 2.17. The zero-order chi connectivity index (χ0) is 12.2. The summed E-state index contributed by atoms with van der Waals surface area (Å²) in [6, 6.07) is 0. The van der Waals surface area contributed by atoms with Crippen LogP contribution in [0.3, 0.4) is 0 Å². The lowest BCUT2D eigenvalue weighted by Gasteiger charge is -2.24. The van der Waals surface area contributed by atoms with Gasteiger partial charge in [-0.05, 0) is 25.3 Å². The molecule has 1 N–H and O–H groups in total. The average molecular weight is 234 g/mol. The quantitative estimate of drug-likeness (QED) is 0.442. The van der Waals surface area contributed by atoms with Crippen LogP contribution in [0.5, 0.6) is 0 Å². The molecule has 1 aliphatic rings. The molecule has 0 aromatic carbocycles. The lowest BCUT2D eigenvalue weighted by Crippen LogP contribution is -2.30. The fraction of sp³-hybridized carbons (Fsp3) is 0.643. The summed E-state index contributed by atoms with van der Waals surface area (Å²) in [4.78, 5) is 0. The van der Waals surface area contributed by atoms with Gasteiger partial charge in [0.15, 0.2) is 0 Å². The van der Waals surface area contributed by atoms with Gasteiger partial charge < -0.3 is 5.11 Å². The van der Waals surface area contributed by atoms with E-state index in [-0.39, 0.29) is 5.92 Å². The highest BCUT2D eigenvalue weighted by Crippen LogP contribution is 2.38. The van der Waals surface area contributed by atoms with Crippen LogP contribution in [0.1, 0.15) is 25.7 Å². The lowest BCUT2D eigenvalue weighted by atomic mass is 9.88. The van der Waals surface area contributed by atoms with E-state index in [1.54, 1.807) is 6.08 Å². The second-order valence-electron chi connectivity index (χ2n) is 5.68. The van der Waals surface area contributed by atoms with Crippen LogP contribution >= 0.6 is 0 Å². The van der Waals surface area contributed by atoms with Gasteiger partial charge in [-0.3, -0.25) is 0 Å². The van der Waals surface area contributed by atoms with Crippen LogP contribution in [-0.2, 0) is 0 Å². The van der Waals surface area contributed by atoms with Gasteiger partial charge in [0.1, 0.15) is 8.07 Å². The van der Waals surface area contributed by atoms with Gasteiger partial charge in [-0.2, -0.15) is 0 Å². The first kappa shape index (κ1) is 13.3. The minimum absolute atomic E-state index is 0.269. The van der Waals surface area contributed by atoms with Crippen LogP contribution in [0.2, 0.25) is 19.6 Å². The van der Waals surface area contributed by atoms with Crippen molar-refractivity contribution in [3.8, 4) is 11.5 Å². The van der Waals surface area contributed by atoms with E-state index < -0.39 is 13.7 Å². The van der Waals surface area contributed by atoms with Crippen LogP contribution < -0.4 is 0 Å². The topological polar surface area (TPSA) is 20.2 Å². The van der Waals surface area contributed by atoms with E-state index in [0.717, 1.165) is 25.7 Å². The van der Waals surface area contributed by atoms with Crippen molar-refractivity contribution in [3.63, 3.8) is 0 Å². The SMILES string of the molecule is C=C=C[C@@]1(O)CCC[C@@H]1CC#C[Si](C)(C)C. The molecular formula is C14H22OSi. The van der Waals surface area contributed by atoms with Crippen molar-refractivity contribution >= 4 is 8.07 Å².